The first-order chi connectivity index (χ1) is 21.6. The summed E-state index contributed by atoms with van der Waals surface area (Å²) < 4.78 is 40.5. The average Bonchev–Trinajstić information content (AvgIpc) is 3.51. The fourth-order valence-electron chi connectivity index (χ4n) is 5.43. The smallest absolute Gasteiger partial charge is 0.374 e. The van der Waals surface area contributed by atoms with Crippen molar-refractivity contribution >= 4 is 17.6 Å². The molecule has 260 valence electrons. The zero-order chi connectivity index (χ0) is 33.3. The summed E-state index contributed by atoms with van der Waals surface area (Å²) in [5, 5.41) is 9.87. The molecule has 0 radical (unpaired) electrons. The molecule has 0 saturated heterocycles. The van der Waals surface area contributed by atoms with Crippen molar-refractivity contribution in [2.75, 3.05) is 39.6 Å². The van der Waals surface area contributed by atoms with Gasteiger partial charge in [0.25, 0.3) is 0 Å². The summed E-state index contributed by atoms with van der Waals surface area (Å²) in [7, 11) is -5.43. The van der Waals surface area contributed by atoms with Crippen LogP contribution in [0.25, 0.3) is 0 Å². The van der Waals surface area contributed by atoms with E-state index < -0.39 is 17.6 Å². The molecule has 0 amide bonds. The molecule has 0 atom stereocenters. The van der Waals surface area contributed by atoms with Crippen molar-refractivity contribution in [2.24, 2.45) is 11.8 Å². The lowest BCUT2D eigenvalue weighted by molar-refractivity contribution is 0.0696. The number of hydrogen-bond acceptors (Lipinski definition) is 10. The van der Waals surface area contributed by atoms with E-state index in [9.17, 15) is 0 Å². The fraction of sp³-hybridized carbons (Fsp3) is 0.871. The van der Waals surface area contributed by atoms with Crippen LogP contribution in [-0.4, -0.2) is 86.8 Å². The highest BCUT2D eigenvalue weighted by Gasteiger charge is 2.40. The van der Waals surface area contributed by atoms with E-state index in [1.807, 2.05) is 50.9 Å². The van der Waals surface area contributed by atoms with Gasteiger partial charge in [0.1, 0.15) is 11.6 Å². The standard InChI is InChI=1S/C31H62N6O6Si2/c1-11-38-44(39-12-2,40-13-3)21-17-19-36-30(23-26(7)8)32-28(34-36)25-29-33-31(24-27(9)10)37(35-29)20-18-22-45(41-14-4,42-15-5)43-16-6/h26-27H,11-25H2,1-10H3. The first-order valence-electron chi connectivity index (χ1n) is 17.3. The molecule has 0 aliphatic heterocycles. The Hall–Kier alpha value is -1.53. The summed E-state index contributed by atoms with van der Waals surface area (Å²) in [5.41, 5.74) is 0. The molecule has 14 heteroatoms. The molecular weight excluding hydrogens is 609 g/mol. The van der Waals surface area contributed by atoms with Gasteiger partial charge in [0, 0.05) is 77.7 Å². The molecule has 2 aromatic heterocycles. The fourth-order valence-corrected chi connectivity index (χ4v) is 10.6. The van der Waals surface area contributed by atoms with Gasteiger partial charge in [-0.3, -0.25) is 0 Å². The quantitative estimate of drug-likeness (QED) is 0.115. The minimum absolute atomic E-state index is 0.459. The molecule has 45 heavy (non-hydrogen) atoms. The Morgan fingerprint density at radius 1 is 0.533 bits per heavy atom. The molecule has 0 N–H and O–H groups in total. The second kappa shape index (κ2) is 20.7. The molecule has 2 aromatic rings. The number of aryl methyl sites for hydroxylation is 2. The molecule has 2 rings (SSSR count). The van der Waals surface area contributed by atoms with Crippen LogP contribution in [0.15, 0.2) is 0 Å². The van der Waals surface area contributed by atoms with Crippen molar-refractivity contribution < 1.29 is 26.6 Å². The van der Waals surface area contributed by atoms with Crippen molar-refractivity contribution in [1.82, 2.24) is 29.5 Å². The van der Waals surface area contributed by atoms with Gasteiger partial charge >= 0.3 is 17.6 Å². The third kappa shape index (κ3) is 13.2. The molecule has 0 unspecified atom stereocenters. The predicted molar refractivity (Wildman–Crippen MR) is 180 cm³/mol. The van der Waals surface area contributed by atoms with Crippen molar-refractivity contribution in [2.45, 2.75) is 127 Å². The Morgan fingerprint density at radius 2 is 0.844 bits per heavy atom. The lowest BCUT2D eigenvalue weighted by Gasteiger charge is -2.28. The van der Waals surface area contributed by atoms with Crippen LogP contribution in [0, 0.1) is 11.8 Å². The van der Waals surface area contributed by atoms with E-state index in [0.717, 1.165) is 74.2 Å². The summed E-state index contributed by atoms with van der Waals surface area (Å²) in [6, 6.07) is 1.48. The maximum Gasteiger partial charge on any atom is 0.500 e. The van der Waals surface area contributed by atoms with Gasteiger partial charge < -0.3 is 26.6 Å². The molecule has 0 saturated carbocycles. The van der Waals surface area contributed by atoms with Crippen LogP contribution in [-0.2, 0) is 58.9 Å². The van der Waals surface area contributed by atoms with Gasteiger partial charge in [0.2, 0.25) is 0 Å². The van der Waals surface area contributed by atoms with Gasteiger partial charge in [-0.25, -0.2) is 19.3 Å². The average molecular weight is 671 g/mol. The van der Waals surface area contributed by atoms with E-state index in [2.05, 4.69) is 27.7 Å². The number of nitrogens with zero attached hydrogens (tertiary/aromatic N) is 6. The molecule has 0 bridgehead atoms. The normalized spacial score (nSPS) is 12.7. The van der Waals surface area contributed by atoms with Crippen LogP contribution in [0.1, 0.15) is 105 Å². The van der Waals surface area contributed by atoms with Crippen LogP contribution >= 0.6 is 0 Å². The molecule has 12 nitrogen and oxygen atoms in total. The predicted octanol–water partition coefficient (Wildman–Crippen LogP) is 5.73. The Kier molecular flexibility index (Phi) is 18.2. The Balaban J connectivity index is 2.22. The topological polar surface area (TPSA) is 117 Å². The Bertz CT molecular complexity index is 967. The zero-order valence-corrected chi connectivity index (χ0v) is 31.9. The highest BCUT2D eigenvalue weighted by atomic mass is 28.4. The summed E-state index contributed by atoms with van der Waals surface area (Å²) in [6.07, 6.45) is 3.86. The third-order valence-electron chi connectivity index (χ3n) is 6.97. The second-order valence-corrected chi connectivity index (χ2v) is 17.3. The summed E-state index contributed by atoms with van der Waals surface area (Å²) in [6.45, 7) is 25.7. The first kappa shape index (κ1) is 39.7. The van der Waals surface area contributed by atoms with E-state index in [0.29, 0.717) is 57.9 Å². The van der Waals surface area contributed by atoms with Gasteiger partial charge in [-0.1, -0.05) is 27.7 Å². The van der Waals surface area contributed by atoms with Crippen molar-refractivity contribution in [3.8, 4) is 0 Å². The van der Waals surface area contributed by atoms with E-state index in [1.165, 1.54) is 0 Å². The van der Waals surface area contributed by atoms with Crippen LogP contribution in [0.2, 0.25) is 12.1 Å². The van der Waals surface area contributed by atoms with Crippen LogP contribution in [0.3, 0.4) is 0 Å². The number of aromatic nitrogens is 6. The van der Waals surface area contributed by atoms with Crippen molar-refractivity contribution in [3.63, 3.8) is 0 Å². The monoisotopic (exact) mass is 670 g/mol. The van der Waals surface area contributed by atoms with Crippen LogP contribution < -0.4 is 0 Å². The second-order valence-electron chi connectivity index (χ2n) is 11.9. The molecule has 0 aromatic carbocycles. The number of rotatable bonds is 26. The van der Waals surface area contributed by atoms with Gasteiger partial charge in [-0.15, -0.1) is 0 Å². The minimum atomic E-state index is -2.71. The van der Waals surface area contributed by atoms with Gasteiger partial charge in [-0.05, 0) is 66.2 Å². The maximum absolute atomic E-state index is 6.06. The van der Waals surface area contributed by atoms with Gasteiger partial charge in [-0.2, -0.15) is 10.2 Å². The Morgan fingerprint density at radius 3 is 1.11 bits per heavy atom. The molecule has 0 spiro atoms. The Labute approximate surface area is 274 Å². The highest BCUT2D eigenvalue weighted by molar-refractivity contribution is 6.61. The third-order valence-corrected chi connectivity index (χ3v) is 13.3. The highest BCUT2D eigenvalue weighted by Crippen LogP contribution is 2.21. The zero-order valence-electron chi connectivity index (χ0n) is 29.9. The summed E-state index contributed by atoms with van der Waals surface area (Å²) in [4.78, 5) is 9.92. The van der Waals surface area contributed by atoms with E-state index >= 15 is 0 Å². The van der Waals surface area contributed by atoms with Crippen molar-refractivity contribution in [1.29, 1.82) is 0 Å². The first-order valence-corrected chi connectivity index (χ1v) is 21.1. The molecule has 0 fully saturated rings. The SMILES string of the molecule is CCO[Si](CCCn1nc(Cc2nc(CC(C)C)n(CCC[Si](OCC)(OCC)OCC)n2)nc1CC(C)C)(OCC)OCC. The van der Waals surface area contributed by atoms with E-state index in [1.54, 1.807) is 0 Å². The largest absolute Gasteiger partial charge is 0.500 e. The van der Waals surface area contributed by atoms with Crippen LogP contribution in [0.5, 0.6) is 0 Å². The molecular formula is C31H62N6O6Si2. The number of hydrogen-bond donors (Lipinski definition) is 0. The maximum atomic E-state index is 6.06. The summed E-state index contributed by atoms with van der Waals surface area (Å²) in [5.74, 6) is 4.39. The molecule has 0 aliphatic carbocycles. The lowest BCUT2D eigenvalue weighted by atomic mass is 10.1. The molecule has 0 aliphatic rings. The summed E-state index contributed by atoms with van der Waals surface area (Å²) >= 11 is 0. The minimum Gasteiger partial charge on any atom is -0.374 e. The van der Waals surface area contributed by atoms with E-state index in [4.69, 9.17) is 46.7 Å². The molecule has 2 heterocycles. The van der Waals surface area contributed by atoms with E-state index in [-0.39, 0.29) is 0 Å². The lowest BCUT2D eigenvalue weighted by Crippen LogP contribution is -2.46. The van der Waals surface area contributed by atoms with Crippen LogP contribution in [0.4, 0.5) is 0 Å². The van der Waals surface area contributed by atoms with Gasteiger partial charge in [0.15, 0.2) is 11.6 Å². The van der Waals surface area contributed by atoms with Gasteiger partial charge in [0.05, 0.1) is 6.42 Å². The van der Waals surface area contributed by atoms with Crippen molar-refractivity contribution in [3.05, 3.63) is 23.3 Å².